The third kappa shape index (κ3) is 7.24. The zero-order chi connectivity index (χ0) is 26.7. The van der Waals surface area contributed by atoms with Crippen molar-refractivity contribution in [2.45, 2.75) is 122 Å². The van der Waals surface area contributed by atoms with Crippen LogP contribution >= 0.6 is 0 Å². The predicted molar refractivity (Wildman–Crippen MR) is 148 cm³/mol. The highest BCUT2D eigenvalue weighted by atomic mass is 16.6. The molecule has 2 aromatic heterocycles. The van der Waals surface area contributed by atoms with E-state index in [0.717, 1.165) is 55.5 Å². The molecule has 0 spiro atoms. The van der Waals surface area contributed by atoms with Gasteiger partial charge in [0.2, 0.25) is 5.95 Å². The number of aromatic nitrogens is 4. The van der Waals surface area contributed by atoms with Gasteiger partial charge in [0.1, 0.15) is 5.60 Å². The second-order valence-corrected chi connectivity index (χ2v) is 12.3. The van der Waals surface area contributed by atoms with Gasteiger partial charge < -0.3 is 30.2 Å². The second-order valence-electron chi connectivity index (χ2n) is 12.3. The number of alkyl carbamates (subject to hydrolysis) is 1. The fourth-order valence-corrected chi connectivity index (χ4v) is 5.50. The topological polar surface area (TPSA) is 109 Å². The number of ether oxygens (including phenoxy) is 1. The summed E-state index contributed by atoms with van der Waals surface area (Å²) in [6.07, 6.45) is 9.87. The quantitative estimate of drug-likeness (QED) is 0.477. The largest absolute Gasteiger partial charge is 0.444 e. The lowest BCUT2D eigenvalue weighted by Gasteiger charge is -2.33. The number of rotatable bonds is 7. The maximum absolute atomic E-state index is 12.3. The summed E-state index contributed by atoms with van der Waals surface area (Å²) in [6, 6.07) is 1.51. The van der Waals surface area contributed by atoms with Crippen LogP contribution in [-0.4, -0.2) is 74.4 Å². The first-order valence-electron chi connectivity index (χ1n) is 13.9. The molecule has 0 unspecified atom stereocenters. The van der Waals surface area contributed by atoms with Gasteiger partial charge in [0.25, 0.3) is 0 Å². The zero-order valence-corrected chi connectivity index (χ0v) is 23.7. The smallest absolute Gasteiger partial charge is 0.407 e. The Morgan fingerprint density at radius 1 is 1.03 bits per heavy atom. The predicted octanol–water partition coefficient (Wildman–Crippen LogP) is 4.94. The normalized spacial score (nSPS) is 24.9. The van der Waals surface area contributed by atoms with Gasteiger partial charge in [0.05, 0.1) is 6.33 Å². The van der Waals surface area contributed by atoms with Crippen molar-refractivity contribution in [2.24, 2.45) is 0 Å². The molecule has 37 heavy (non-hydrogen) atoms. The Bertz CT molecular complexity index is 1050. The minimum absolute atomic E-state index is 0.0659. The van der Waals surface area contributed by atoms with Gasteiger partial charge in [0, 0.05) is 30.2 Å². The van der Waals surface area contributed by atoms with Crippen molar-refractivity contribution in [2.75, 3.05) is 24.7 Å². The Kier molecular flexibility index (Phi) is 8.46. The molecule has 2 saturated carbocycles. The van der Waals surface area contributed by atoms with Crippen molar-refractivity contribution in [1.82, 2.24) is 29.7 Å². The molecule has 2 aliphatic carbocycles. The van der Waals surface area contributed by atoms with E-state index in [1.807, 2.05) is 27.1 Å². The average molecular weight is 515 g/mol. The van der Waals surface area contributed by atoms with E-state index >= 15 is 0 Å². The molecule has 10 heteroatoms. The first kappa shape index (κ1) is 27.4. The summed E-state index contributed by atoms with van der Waals surface area (Å²) in [7, 11) is 4.33. The summed E-state index contributed by atoms with van der Waals surface area (Å²) in [5.74, 6) is 1.42. The van der Waals surface area contributed by atoms with Gasteiger partial charge in [-0.05, 0) is 100 Å². The van der Waals surface area contributed by atoms with E-state index in [-0.39, 0.29) is 24.2 Å². The Balaban J connectivity index is 1.49. The SMILES string of the molecule is CC(C)n1cnc2c(N[C@@H]3CCC[C@@H](NC(=O)OC(C)(C)C)C3)nc(NC3CCC(N(C)C)CC3)nc21. The molecule has 3 N–H and O–H groups in total. The van der Waals surface area contributed by atoms with E-state index in [4.69, 9.17) is 14.7 Å². The summed E-state index contributed by atoms with van der Waals surface area (Å²) in [5, 5.41) is 10.3. The Morgan fingerprint density at radius 3 is 2.38 bits per heavy atom. The third-order valence-corrected chi connectivity index (χ3v) is 7.47. The van der Waals surface area contributed by atoms with Crippen LogP contribution in [0.15, 0.2) is 6.33 Å². The number of hydrogen-bond donors (Lipinski definition) is 3. The van der Waals surface area contributed by atoms with Gasteiger partial charge in [-0.15, -0.1) is 0 Å². The summed E-state index contributed by atoms with van der Waals surface area (Å²) in [4.78, 5) is 29.2. The zero-order valence-electron chi connectivity index (χ0n) is 23.7. The lowest BCUT2D eigenvalue weighted by Crippen LogP contribution is -2.44. The number of anilines is 2. The fraction of sp³-hybridized carbons (Fsp3) is 0.778. The first-order valence-corrected chi connectivity index (χ1v) is 13.9. The van der Waals surface area contributed by atoms with Crippen LogP contribution in [0.1, 0.15) is 92.0 Å². The summed E-state index contributed by atoms with van der Waals surface area (Å²) in [6.45, 7) is 9.93. The van der Waals surface area contributed by atoms with Gasteiger partial charge in [-0.3, -0.25) is 0 Å². The lowest BCUT2D eigenvalue weighted by molar-refractivity contribution is 0.0492. The van der Waals surface area contributed by atoms with Crippen LogP contribution in [0.2, 0.25) is 0 Å². The number of hydrogen-bond acceptors (Lipinski definition) is 8. The Hall–Kier alpha value is -2.62. The van der Waals surface area contributed by atoms with Gasteiger partial charge in [0.15, 0.2) is 17.0 Å². The molecule has 2 aromatic rings. The minimum Gasteiger partial charge on any atom is -0.444 e. The molecule has 2 fully saturated rings. The fourth-order valence-electron chi connectivity index (χ4n) is 5.50. The average Bonchev–Trinajstić information content (AvgIpc) is 3.23. The highest BCUT2D eigenvalue weighted by Crippen LogP contribution is 2.29. The van der Waals surface area contributed by atoms with Crippen molar-refractivity contribution in [1.29, 1.82) is 0 Å². The molecule has 0 saturated heterocycles. The molecule has 0 bridgehead atoms. The van der Waals surface area contributed by atoms with E-state index in [9.17, 15) is 4.79 Å². The van der Waals surface area contributed by atoms with Crippen molar-refractivity contribution >= 4 is 29.0 Å². The van der Waals surface area contributed by atoms with Gasteiger partial charge in [-0.1, -0.05) is 0 Å². The molecule has 0 aromatic carbocycles. The highest BCUT2D eigenvalue weighted by molar-refractivity contribution is 5.84. The van der Waals surface area contributed by atoms with Crippen molar-refractivity contribution < 1.29 is 9.53 Å². The molecule has 10 nitrogen and oxygen atoms in total. The van der Waals surface area contributed by atoms with E-state index in [2.05, 4.69) is 58.3 Å². The van der Waals surface area contributed by atoms with Crippen LogP contribution in [0.25, 0.3) is 11.2 Å². The second kappa shape index (κ2) is 11.4. The number of carbonyl (C=O) groups excluding carboxylic acids is 1. The molecule has 2 aliphatic rings. The molecular weight excluding hydrogens is 468 g/mol. The van der Waals surface area contributed by atoms with Crippen LogP contribution in [0.5, 0.6) is 0 Å². The molecule has 4 rings (SSSR count). The van der Waals surface area contributed by atoms with Crippen molar-refractivity contribution in [3.8, 4) is 0 Å². The summed E-state index contributed by atoms with van der Waals surface area (Å²) >= 11 is 0. The van der Waals surface area contributed by atoms with Crippen molar-refractivity contribution in [3.63, 3.8) is 0 Å². The van der Waals surface area contributed by atoms with Crippen LogP contribution in [0, 0.1) is 0 Å². The van der Waals surface area contributed by atoms with E-state index in [0.29, 0.717) is 18.0 Å². The highest BCUT2D eigenvalue weighted by Gasteiger charge is 2.28. The van der Waals surface area contributed by atoms with Crippen LogP contribution in [-0.2, 0) is 4.74 Å². The standard InChI is InChI=1S/C27H46N8O2/c1-17(2)35-16-28-22-23(29-19-9-8-10-20(15-19)31-26(36)37-27(3,4)5)32-25(33-24(22)35)30-18-11-13-21(14-12-18)34(6)7/h16-21H,8-15H2,1-7H3,(H,31,36)(H2,29,30,32,33)/t18?,19-,20-,21?/m1/s1. The molecular formula is C27H46N8O2. The van der Waals surface area contributed by atoms with Crippen molar-refractivity contribution in [3.05, 3.63) is 6.33 Å². The molecule has 2 heterocycles. The number of nitrogens with one attached hydrogen (secondary N) is 3. The number of amides is 1. The first-order chi connectivity index (χ1) is 17.5. The maximum atomic E-state index is 12.3. The Morgan fingerprint density at radius 2 is 1.73 bits per heavy atom. The molecule has 0 aliphatic heterocycles. The number of nitrogens with zero attached hydrogens (tertiary/aromatic N) is 5. The van der Waals surface area contributed by atoms with Gasteiger partial charge >= 0.3 is 6.09 Å². The monoisotopic (exact) mass is 514 g/mol. The van der Waals surface area contributed by atoms with Gasteiger partial charge in [-0.2, -0.15) is 9.97 Å². The van der Waals surface area contributed by atoms with Crippen LogP contribution in [0.3, 0.4) is 0 Å². The molecule has 1 amide bonds. The Labute approximate surface area is 221 Å². The number of carbonyl (C=O) groups is 1. The number of fused-ring (bicyclic) bond motifs is 1. The maximum Gasteiger partial charge on any atom is 0.407 e. The molecule has 0 radical (unpaired) electrons. The van der Waals surface area contributed by atoms with Crippen LogP contribution < -0.4 is 16.0 Å². The van der Waals surface area contributed by atoms with E-state index < -0.39 is 5.60 Å². The summed E-state index contributed by atoms with van der Waals surface area (Å²) in [5.41, 5.74) is 1.13. The molecule has 206 valence electrons. The van der Waals surface area contributed by atoms with Crippen LogP contribution in [0.4, 0.5) is 16.6 Å². The lowest BCUT2D eigenvalue weighted by atomic mass is 9.90. The van der Waals surface area contributed by atoms with Gasteiger partial charge in [-0.25, -0.2) is 9.78 Å². The summed E-state index contributed by atoms with van der Waals surface area (Å²) < 4.78 is 7.57. The number of imidazole rings is 1. The molecule has 2 atom stereocenters. The van der Waals surface area contributed by atoms with E-state index in [1.54, 1.807) is 0 Å². The minimum atomic E-state index is -0.507. The van der Waals surface area contributed by atoms with E-state index in [1.165, 1.54) is 12.8 Å². The third-order valence-electron chi connectivity index (χ3n) is 7.47.